The van der Waals surface area contributed by atoms with Gasteiger partial charge in [0.2, 0.25) is 11.8 Å². The number of methoxy groups -OCH3 is 2. The van der Waals surface area contributed by atoms with Crippen molar-refractivity contribution in [2.75, 3.05) is 32.1 Å². The van der Waals surface area contributed by atoms with Crippen LogP contribution in [0.25, 0.3) is 0 Å². The molecule has 202 valence electrons. The molecule has 0 aliphatic rings. The SMILES string of the molecule is CC[C@H](C(=O)NC)N(Cc1ccc(OC)cc1)C(=O)CN(c1ccccc1OC)S(=O)(=O)c1ccccc1. The number of carbonyl (C=O) groups is 2. The van der Waals surface area contributed by atoms with Gasteiger partial charge in [0.05, 0.1) is 24.8 Å². The van der Waals surface area contributed by atoms with Crippen molar-refractivity contribution in [3.05, 3.63) is 84.4 Å². The van der Waals surface area contributed by atoms with E-state index < -0.39 is 28.5 Å². The fourth-order valence-electron chi connectivity index (χ4n) is 4.08. The molecule has 0 spiro atoms. The van der Waals surface area contributed by atoms with Crippen LogP contribution in [0.4, 0.5) is 5.69 Å². The van der Waals surface area contributed by atoms with Crippen molar-refractivity contribution in [2.24, 2.45) is 0 Å². The van der Waals surface area contributed by atoms with Crippen LogP contribution in [0.1, 0.15) is 18.9 Å². The fourth-order valence-corrected chi connectivity index (χ4v) is 5.53. The molecular weight excluding hydrogens is 506 g/mol. The molecule has 0 unspecified atom stereocenters. The molecule has 1 atom stereocenters. The Bertz CT molecular complexity index is 1330. The van der Waals surface area contributed by atoms with Gasteiger partial charge in [-0.1, -0.05) is 49.4 Å². The molecule has 0 saturated heterocycles. The lowest BCUT2D eigenvalue weighted by molar-refractivity contribution is -0.140. The topological polar surface area (TPSA) is 105 Å². The van der Waals surface area contributed by atoms with Crippen LogP contribution >= 0.6 is 0 Å². The van der Waals surface area contributed by atoms with Crippen LogP contribution in [0.5, 0.6) is 11.5 Å². The van der Waals surface area contributed by atoms with E-state index in [-0.39, 0.29) is 23.0 Å². The van der Waals surface area contributed by atoms with E-state index in [1.807, 2.05) is 0 Å². The standard InChI is InChI=1S/C28H33N3O6S/c1-5-24(28(33)29-2)30(19-21-15-17-22(36-3)18-16-21)27(32)20-31(25-13-9-10-14-26(25)37-4)38(34,35)23-11-7-6-8-12-23/h6-18,24H,5,19-20H2,1-4H3,(H,29,33)/t24-/m1/s1. The van der Waals surface area contributed by atoms with Crippen molar-refractivity contribution in [1.29, 1.82) is 0 Å². The Balaban J connectivity index is 2.07. The zero-order valence-corrected chi connectivity index (χ0v) is 22.8. The van der Waals surface area contributed by atoms with Crippen LogP contribution in [0.15, 0.2) is 83.8 Å². The molecule has 0 fully saturated rings. The molecule has 0 aliphatic carbocycles. The fraction of sp³-hybridized carbons (Fsp3) is 0.286. The molecule has 38 heavy (non-hydrogen) atoms. The zero-order chi connectivity index (χ0) is 27.7. The number of sulfonamides is 1. The van der Waals surface area contributed by atoms with E-state index in [0.717, 1.165) is 9.87 Å². The lowest BCUT2D eigenvalue weighted by atomic mass is 10.1. The molecule has 3 aromatic carbocycles. The maximum Gasteiger partial charge on any atom is 0.264 e. The summed E-state index contributed by atoms with van der Waals surface area (Å²) in [6.45, 7) is 1.36. The summed E-state index contributed by atoms with van der Waals surface area (Å²) in [4.78, 5) is 28.1. The minimum Gasteiger partial charge on any atom is -0.497 e. The first-order valence-electron chi connectivity index (χ1n) is 12.1. The molecule has 3 rings (SSSR count). The van der Waals surface area contributed by atoms with Crippen molar-refractivity contribution in [1.82, 2.24) is 10.2 Å². The first-order chi connectivity index (χ1) is 18.3. The second kappa shape index (κ2) is 13.0. The summed E-state index contributed by atoms with van der Waals surface area (Å²) in [5.74, 6) is 0.0620. The Morgan fingerprint density at radius 3 is 2.11 bits per heavy atom. The number of ether oxygens (including phenoxy) is 2. The smallest absolute Gasteiger partial charge is 0.264 e. The number of nitrogens with zero attached hydrogens (tertiary/aromatic N) is 2. The van der Waals surface area contributed by atoms with Gasteiger partial charge in [-0.05, 0) is 48.4 Å². The predicted molar refractivity (Wildman–Crippen MR) is 146 cm³/mol. The van der Waals surface area contributed by atoms with E-state index in [1.54, 1.807) is 80.8 Å². The third-order valence-corrected chi connectivity index (χ3v) is 7.88. The quantitative estimate of drug-likeness (QED) is 0.378. The van der Waals surface area contributed by atoms with Gasteiger partial charge in [-0.25, -0.2) is 8.42 Å². The number of rotatable bonds is 12. The van der Waals surface area contributed by atoms with Gasteiger partial charge in [-0.3, -0.25) is 13.9 Å². The summed E-state index contributed by atoms with van der Waals surface area (Å²) in [5, 5.41) is 2.61. The molecule has 10 heteroatoms. The average molecular weight is 540 g/mol. The van der Waals surface area contributed by atoms with Gasteiger partial charge in [0.15, 0.2) is 0 Å². The summed E-state index contributed by atoms with van der Waals surface area (Å²) in [5.41, 5.74) is 0.973. The van der Waals surface area contributed by atoms with E-state index in [0.29, 0.717) is 17.9 Å². The number of carbonyl (C=O) groups excluding carboxylic acids is 2. The maximum absolute atomic E-state index is 13.9. The van der Waals surface area contributed by atoms with Crippen LogP contribution in [-0.2, 0) is 26.2 Å². The minimum absolute atomic E-state index is 0.0266. The first kappa shape index (κ1) is 28.5. The zero-order valence-electron chi connectivity index (χ0n) is 22.0. The highest BCUT2D eigenvalue weighted by atomic mass is 32.2. The van der Waals surface area contributed by atoms with E-state index in [2.05, 4.69) is 5.32 Å². The summed E-state index contributed by atoms with van der Waals surface area (Å²) < 4.78 is 39.3. The number of hydrogen-bond donors (Lipinski definition) is 1. The lowest BCUT2D eigenvalue weighted by Crippen LogP contribution is -2.51. The highest BCUT2D eigenvalue weighted by molar-refractivity contribution is 7.92. The molecule has 9 nitrogen and oxygen atoms in total. The van der Waals surface area contributed by atoms with Crippen molar-refractivity contribution < 1.29 is 27.5 Å². The Labute approximate surface area is 224 Å². The number of amides is 2. The van der Waals surface area contributed by atoms with E-state index in [1.165, 1.54) is 31.2 Å². The third-order valence-electron chi connectivity index (χ3n) is 6.11. The molecule has 0 bridgehead atoms. The van der Waals surface area contributed by atoms with Gasteiger partial charge < -0.3 is 19.7 Å². The highest BCUT2D eigenvalue weighted by Crippen LogP contribution is 2.32. The van der Waals surface area contributed by atoms with Crippen molar-refractivity contribution >= 4 is 27.5 Å². The Hall–Kier alpha value is -4.05. The summed E-state index contributed by atoms with van der Waals surface area (Å²) in [6, 6.07) is 20.8. The van der Waals surface area contributed by atoms with Gasteiger partial charge in [0.25, 0.3) is 10.0 Å². The number of nitrogens with one attached hydrogen (secondary N) is 1. The lowest BCUT2D eigenvalue weighted by Gasteiger charge is -2.33. The van der Waals surface area contributed by atoms with E-state index >= 15 is 0 Å². The van der Waals surface area contributed by atoms with Crippen molar-refractivity contribution in [3.8, 4) is 11.5 Å². The van der Waals surface area contributed by atoms with Crippen molar-refractivity contribution in [2.45, 2.75) is 30.8 Å². The second-order valence-corrected chi connectivity index (χ2v) is 10.3. The Morgan fingerprint density at radius 1 is 0.895 bits per heavy atom. The third kappa shape index (κ3) is 6.44. The molecular formula is C28H33N3O6S. The maximum atomic E-state index is 13.9. The second-order valence-electron chi connectivity index (χ2n) is 8.40. The van der Waals surface area contributed by atoms with Crippen LogP contribution < -0.4 is 19.1 Å². The predicted octanol–water partition coefficient (Wildman–Crippen LogP) is 3.45. The monoisotopic (exact) mass is 539 g/mol. The summed E-state index contributed by atoms with van der Waals surface area (Å²) in [6.07, 6.45) is 0.335. The van der Waals surface area contributed by atoms with Crippen LogP contribution in [0, 0.1) is 0 Å². The number of benzene rings is 3. The Kier molecular flexibility index (Phi) is 9.72. The molecule has 0 aliphatic heterocycles. The van der Waals surface area contributed by atoms with E-state index in [4.69, 9.17) is 9.47 Å². The van der Waals surface area contributed by atoms with Gasteiger partial charge >= 0.3 is 0 Å². The number of para-hydroxylation sites is 2. The van der Waals surface area contributed by atoms with Gasteiger partial charge in [0.1, 0.15) is 24.1 Å². The van der Waals surface area contributed by atoms with Crippen LogP contribution in [0.3, 0.4) is 0 Å². The van der Waals surface area contributed by atoms with E-state index in [9.17, 15) is 18.0 Å². The molecule has 2 amide bonds. The summed E-state index contributed by atoms with van der Waals surface area (Å²) >= 11 is 0. The van der Waals surface area contributed by atoms with Gasteiger partial charge in [-0.2, -0.15) is 0 Å². The van der Waals surface area contributed by atoms with Crippen molar-refractivity contribution in [3.63, 3.8) is 0 Å². The molecule has 1 N–H and O–H groups in total. The highest BCUT2D eigenvalue weighted by Gasteiger charge is 2.34. The minimum atomic E-state index is -4.17. The average Bonchev–Trinajstić information content (AvgIpc) is 2.96. The van der Waals surface area contributed by atoms with Gasteiger partial charge in [0, 0.05) is 13.6 Å². The molecule has 0 radical (unpaired) electrons. The molecule has 0 heterocycles. The molecule has 0 aromatic heterocycles. The van der Waals surface area contributed by atoms with Gasteiger partial charge in [-0.15, -0.1) is 0 Å². The summed E-state index contributed by atoms with van der Waals surface area (Å²) in [7, 11) is 0.327. The van der Waals surface area contributed by atoms with Crippen LogP contribution in [0.2, 0.25) is 0 Å². The number of anilines is 1. The number of likely N-dealkylation sites (N-methyl/N-ethyl adjacent to an activating group) is 1. The number of hydrogen-bond acceptors (Lipinski definition) is 6. The van der Waals surface area contributed by atoms with Crippen LogP contribution in [-0.4, -0.2) is 59.0 Å². The normalized spacial score (nSPS) is 11.8. The molecule has 3 aromatic rings. The largest absolute Gasteiger partial charge is 0.497 e. The first-order valence-corrected chi connectivity index (χ1v) is 13.6. The molecule has 0 saturated carbocycles. The Morgan fingerprint density at radius 2 is 1.53 bits per heavy atom.